The quantitative estimate of drug-likeness (QED) is 0.232. The van der Waals surface area contributed by atoms with Gasteiger partial charge in [0.1, 0.15) is 16.4 Å². The maximum atomic E-state index is 14.0. The maximum Gasteiger partial charge on any atom is 0.573 e. The number of aliphatic carboxylic acids is 1. The lowest BCUT2D eigenvalue weighted by molar-refractivity contribution is -0.274. The van der Waals surface area contributed by atoms with Crippen LogP contribution in [0.1, 0.15) is 12.6 Å². The Labute approximate surface area is 229 Å². The first-order valence-corrected chi connectivity index (χ1v) is 13.3. The van der Waals surface area contributed by atoms with Crippen molar-refractivity contribution < 1.29 is 45.5 Å². The lowest BCUT2D eigenvalue weighted by Gasteiger charge is -2.12. The van der Waals surface area contributed by atoms with Crippen LogP contribution < -0.4 is 9.47 Å². The minimum atomic E-state index is -5.02. The Morgan fingerprint density at radius 1 is 1.07 bits per heavy atom. The summed E-state index contributed by atoms with van der Waals surface area (Å²) in [6.45, 7) is 2.75. The Bertz CT molecular complexity index is 1900. The average molecular weight is 595 g/mol. The Kier molecular flexibility index (Phi) is 6.66. The molecule has 208 valence electrons. The van der Waals surface area contributed by atoms with Crippen LogP contribution in [0.4, 0.5) is 13.2 Å². The fraction of sp³-hybridized carbons (Fsp3) is 0.154. The molecule has 0 spiro atoms. The van der Waals surface area contributed by atoms with Gasteiger partial charge >= 0.3 is 12.3 Å². The number of hydrogen-bond acceptors (Lipinski definition) is 7. The lowest BCUT2D eigenvalue weighted by atomic mass is 10.2. The molecule has 0 unspecified atom stereocenters. The molecule has 0 amide bonds. The standard InChI is InChI=1S/C26H18ClF3N2O7S/c1-13-23(40(35,36)18-5-3-4-16(11-18)37-14(2)25(33)34)20-12-17(38-26(28,29)30)7-9-21(20)32(13)24-19-8-6-15(27)10-22(19)39-31-24/h3-12,14H,1-2H3,(H,33,34)/t14-/m0/s1. The van der Waals surface area contributed by atoms with Crippen LogP contribution in [0.3, 0.4) is 0 Å². The van der Waals surface area contributed by atoms with Crippen LogP contribution in [0.25, 0.3) is 27.7 Å². The van der Waals surface area contributed by atoms with Gasteiger partial charge < -0.3 is 19.1 Å². The van der Waals surface area contributed by atoms with Gasteiger partial charge in [0.05, 0.1) is 15.8 Å². The molecule has 0 aliphatic carbocycles. The third kappa shape index (κ3) is 4.93. The van der Waals surface area contributed by atoms with Crippen molar-refractivity contribution in [1.29, 1.82) is 0 Å². The first kappa shape index (κ1) is 27.3. The Hall–Kier alpha value is -4.23. The van der Waals surface area contributed by atoms with Crippen LogP contribution >= 0.6 is 11.6 Å². The molecule has 5 rings (SSSR count). The van der Waals surface area contributed by atoms with Crippen molar-refractivity contribution in [3.8, 4) is 17.3 Å². The van der Waals surface area contributed by atoms with E-state index in [0.717, 1.165) is 18.2 Å². The van der Waals surface area contributed by atoms with Crippen molar-refractivity contribution in [3.63, 3.8) is 0 Å². The molecule has 0 aliphatic heterocycles. The van der Waals surface area contributed by atoms with Crippen LogP contribution in [0.15, 0.2) is 75.0 Å². The third-order valence-electron chi connectivity index (χ3n) is 6.02. The molecule has 3 aromatic carbocycles. The van der Waals surface area contributed by atoms with Gasteiger partial charge in [0.2, 0.25) is 9.84 Å². The van der Waals surface area contributed by atoms with Gasteiger partial charge in [0, 0.05) is 22.2 Å². The van der Waals surface area contributed by atoms with Crippen molar-refractivity contribution in [2.45, 2.75) is 36.1 Å². The fourth-order valence-electron chi connectivity index (χ4n) is 4.32. The number of nitrogens with zero attached hydrogens (tertiary/aromatic N) is 2. The number of rotatable bonds is 7. The predicted octanol–water partition coefficient (Wildman–Crippen LogP) is 6.32. The number of carbonyl (C=O) groups is 1. The van der Waals surface area contributed by atoms with Gasteiger partial charge in [-0.3, -0.25) is 4.57 Å². The zero-order valence-corrected chi connectivity index (χ0v) is 22.1. The number of alkyl halides is 3. The van der Waals surface area contributed by atoms with Gasteiger partial charge in [-0.2, -0.15) is 0 Å². The summed E-state index contributed by atoms with van der Waals surface area (Å²) in [4.78, 5) is 10.6. The second-order valence-electron chi connectivity index (χ2n) is 8.70. The van der Waals surface area contributed by atoms with E-state index in [-0.39, 0.29) is 38.0 Å². The van der Waals surface area contributed by atoms with Crippen LogP contribution in [0.5, 0.6) is 11.5 Å². The second-order valence-corrected chi connectivity index (χ2v) is 11.0. The van der Waals surface area contributed by atoms with Crippen LogP contribution in [-0.4, -0.2) is 41.7 Å². The summed E-state index contributed by atoms with van der Waals surface area (Å²) in [6, 6.07) is 13.2. The zero-order valence-electron chi connectivity index (χ0n) is 20.6. The number of fused-ring (bicyclic) bond motifs is 2. The second kappa shape index (κ2) is 9.75. The van der Waals surface area contributed by atoms with Crippen molar-refractivity contribution in [3.05, 3.63) is 71.4 Å². The Balaban J connectivity index is 1.76. The third-order valence-corrected chi connectivity index (χ3v) is 8.19. The summed E-state index contributed by atoms with van der Waals surface area (Å²) < 4.78 is 83.3. The van der Waals surface area contributed by atoms with Crippen LogP contribution in [0.2, 0.25) is 5.02 Å². The minimum absolute atomic E-state index is 0.0298. The summed E-state index contributed by atoms with van der Waals surface area (Å²) in [5, 5.41) is 14.0. The number of hydrogen-bond donors (Lipinski definition) is 1. The lowest BCUT2D eigenvalue weighted by Crippen LogP contribution is -2.22. The molecule has 0 bridgehead atoms. The molecular formula is C26H18ClF3N2O7S. The summed E-state index contributed by atoms with van der Waals surface area (Å²) in [6.07, 6.45) is -6.28. The normalized spacial score (nSPS) is 13.1. The Morgan fingerprint density at radius 3 is 2.52 bits per heavy atom. The number of ether oxygens (including phenoxy) is 2. The number of carboxylic acid groups (broad SMARTS) is 1. The molecule has 1 N–H and O–H groups in total. The number of halogens is 4. The number of benzene rings is 3. The molecule has 0 saturated heterocycles. The molecule has 0 radical (unpaired) electrons. The monoisotopic (exact) mass is 594 g/mol. The first-order chi connectivity index (χ1) is 18.8. The molecule has 0 saturated carbocycles. The predicted molar refractivity (Wildman–Crippen MR) is 137 cm³/mol. The molecule has 5 aromatic rings. The molecule has 2 aromatic heterocycles. The van der Waals surface area contributed by atoms with Crippen molar-refractivity contribution in [2.24, 2.45) is 0 Å². The summed E-state index contributed by atoms with van der Waals surface area (Å²) >= 11 is 6.04. The average Bonchev–Trinajstić information content (AvgIpc) is 3.39. The molecule has 0 aliphatic rings. The maximum absolute atomic E-state index is 14.0. The number of aromatic nitrogens is 2. The molecule has 9 nitrogen and oxygen atoms in total. The van der Waals surface area contributed by atoms with E-state index in [2.05, 4.69) is 9.89 Å². The molecule has 1 atom stereocenters. The van der Waals surface area contributed by atoms with Crippen LogP contribution in [-0.2, 0) is 14.6 Å². The van der Waals surface area contributed by atoms with Gasteiger partial charge in [-0.15, -0.1) is 13.2 Å². The minimum Gasteiger partial charge on any atom is -0.479 e. The van der Waals surface area contributed by atoms with E-state index in [1.165, 1.54) is 48.7 Å². The topological polar surface area (TPSA) is 121 Å². The van der Waals surface area contributed by atoms with Gasteiger partial charge in [-0.05, 0) is 62.4 Å². The van der Waals surface area contributed by atoms with E-state index < -0.39 is 34.0 Å². The zero-order chi connectivity index (χ0) is 29.0. The fourth-order valence-corrected chi connectivity index (χ4v) is 6.18. The number of sulfone groups is 1. The van der Waals surface area contributed by atoms with Gasteiger partial charge in [-0.1, -0.05) is 22.8 Å². The highest BCUT2D eigenvalue weighted by Crippen LogP contribution is 2.40. The smallest absolute Gasteiger partial charge is 0.479 e. The molecule has 2 heterocycles. The summed E-state index contributed by atoms with van der Waals surface area (Å²) in [5.74, 6) is -1.73. The SMILES string of the molecule is Cc1c(S(=O)(=O)c2cccc(O[C@@H](C)C(=O)O)c2)c2cc(OC(F)(F)F)ccc2n1-c1noc2cc(Cl)ccc12. The van der Waals surface area contributed by atoms with E-state index in [4.69, 9.17) is 26.0 Å². The van der Waals surface area contributed by atoms with Crippen LogP contribution in [0, 0.1) is 6.92 Å². The van der Waals surface area contributed by atoms with Crippen molar-refractivity contribution in [2.75, 3.05) is 0 Å². The molecule has 40 heavy (non-hydrogen) atoms. The van der Waals surface area contributed by atoms with E-state index >= 15 is 0 Å². The van der Waals surface area contributed by atoms with E-state index in [1.54, 1.807) is 12.1 Å². The highest BCUT2D eigenvalue weighted by Gasteiger charge is 2.33. The van der Waals surface area contributed by atoms with Crippen molar-refractivity contribution >= 4 is 49.3 Å². The summed E-state index contributed by atoms with van der Waals surface area (Å²) in [5.41, 5.74) is 0.639. The first-order valence-electron chi connectivity index (χ1n) is 11.5. The highest BCUT2D eigenvalue weighted by molar-refractivity contribution is 7.91. The largest absolute Gasteiger partial charge is 0.573 e. The van der Waals surface area contributed by atoms with Crippen molar-refractivity contribution in [1.82, 2.24) is 9.72 Å². The molecule has 0 fully saturated rings. The number of carboxylic acids is 1. The Morgan fingerprint density at radius 2 is 1.82 bits per heavy atom. The van der Waals surface area contributed by atoms with E-state index in [0.29, 0.717) is 16.0 Å². The van der Waals surface area contributed by atoms with E-state index in [1.807, 2.05) is 0 Å². The van der Waals surface area contributed by atoms with E-state index in [9.17, 15) is 26.4 Å². The summed E-state index contributed by atoms with van der Waals surface area (Å²) in [7, 11) is -4.43. The van der Waals surface area contributed by atoms with Gasteiger partial charge in [-0.25, -0.2) is 13.2 Å². The van der Waals surface area contributed by atoms with Gasteiger partial charge in [0.25, 0.3) is 0 Å². The highest BCUT2D eigenvalue weighted by atomic mass is 35.5. The molecule has 14 heteroatoms. The molecular weight excluding hydrogens is 577 g/mol. The van der Waals surface area contributed by atoms with Gasteiger partial charge in [0.15, 0.2) is 17.5 Å².